The Balaban J connectivity index is 1.70. The van der Waals surface area contributed by atoms with E-state index in [9.17, 15) is 14.7 Å². The van der Waals surface area contributed by atoms with E-state index in [1.54, 1.807) is 13.2 Å². The van der Waals surface area contributed by atoms with Crippen LogP contribution in [0.1, 0.15) is 11.1 Å². The summed E-state index contributed by atoms with van der Waals surface area (Å²) in [6, 6.07) is 19.4. The summed E-state index contributed by atoms with van der Waals surface area (Å²) in [6.07, 6.45) is -0.666. The summed E-state index contributed by atoms with van der Waals surface area (Å²) in [4.78, 5) is 23.7. The summed E-state index contributed by atoms with van der Waals surface area (Å²) in [6.45, 7) is 0.0722. The van der Waals surface area contributed by atoms with Crippen molar-refractivity contribution in [1.82, 2.24) is 5.32 Å². The lowest BCUT2D eigenvalue weighted by Crippen LogP contribution is -2.42. The average molecular weight is 379 g/mol. The number of carbonyl (C=O) groups excluding carboxylic acids is 1. The number of benzene rings is 3. The molecule has 0 bridgehead atoms. The summed E-state index contributed by atoms with van der Waals surface area (Å²) in [5, 5.41) is 13.8. The summed E-state index contributed by atoms with van der Waals surface area (Å²) in [5.74, 6) is -0.479. The molecule has 0 spiro atoms. The average Bonchev–Trinajstić information content (AvgIpc) is 2.71. The highest BCUT2D eigenvalue weighted by atomic mass is 16.5. The van der Waals surface area contributed by atoms with Gasteiger partial charge in [0.25, 0.3) is 0 Å². The Kier molecular flexibility index (Phi) is 6.11. The van der Waals surface area contributed by atoms with Gasteiger partial charge >= 0.3 is 12.1 Å². The monoisotopic (exact) mass is 379 g/mol. The van der Waals surface area contributed by atoms with E-state index in [4.69, 9.17) is 9.47 Å². The van der Waals surface area contributed by atoms with Gasteiger partial charge in [-0.05, 0) is 22.6 Å². The number of hydrogen-bond acceptors (Lipinski definition) is 4. The van der Waals surface area contributed by atoms with Crippen molar-refractivity contribution < 1.29 is 24.2 Å². The smallest absolute Gasteiger partial charge is 0.408 e. The van der Waals surface area contributed by atoms with Crippen molar-refractivity contribution >= 4 is 22.8 Å². The Morgan fingerprint density at radius 2 is 1.71 bits per heavy atom. The second kappa shape index (κ2) is 8.90. The zero-order valence-corrected chi connectivity index (χ0v) is 15.4. The predicted octanol–water partition coefficient (Wildman–Crippen LogP) is 3.77. The van der Waals surface area contributed by atoms with Gasteiger partial charge in [0.1, 0.15) is 18.4 Å². The Bertz CT molecular complexity index is 971. The third-order valence-corrected chi connectivity index (χ3v) is 4.35. The van der Waals surface area contributed by atoms with Gasteiger partial charge in [-0.15, -0.1) is 0 Å². The molecular formula is C22H21NO5. The number of aliphatic carboxylic acids is 1. The molecule has 144 valence electrons. The SMILES string of the molecule is COc1cc(C[C@@H](NC(=O)OCc2ccccc2)C(=O)O)cc2ccccc12. The molecule has 0 heterocycles. The van der Waals surface area contributed by atoms with Crippen LogP contribution in [-0.4, -0.2) is 30.3 Å². The molecule has 0 aliphatic rings. The quantitative estimate of drug-likeness (QED) is 0.653. The van der Waals surface area contributed by atoms with Crippen LogP contribution in [0.2, 0.25) is 0 Å². The van der Waals surface area contributed by atoms with E-state index in [0.29, 0.717) is 5.75 Å². The van der Waals surface area contributed by atoms with Gasteiger partial charge in [-0.25, -0.2) is 9.59 Å². The summed E-state index contributed by atoms with van der Waals surface area (Å²) >= 11 is 0. The van der Waals surface area contributed by atoms with Gasteiger partial charge in [-0.3, -0.25) is 0 Å². The van der Waals surface area contributed by atoms with Gasteiger partial charge in [0.15, 0.2) is 0 Å². The second-order valence-corrected chi connectivity index (χ2v) is 6.32. The van der Waals surface area contributed by atoms with Gasteiger partial charge in [0, 0.05) is 11.8 Å². The fraction of sp³-hybridized carbons (Fsp3) is 0.182. The van der Waals surface area contributed by atoms with Gasteiger partial charge < -0.3 is 19.9 Å². The van der Waals surface area contributed by atoms with Crippen LogP contribution < -0.4 is 10.1 Å². The molecule has 0 saturated carbocycles. The van der Waals surface area contributed by atoms with Crippen LogP contribution in [0.5, 0.6) is 5.75 Å². The molecule has 2 N–H and O–H groups in total. The van der Waals surface area contributed by atoms with Gasteiger partial charge in [0.2, 0.25) is 0 Å². The molecule has 3 aromatic carbocycles. The Morgan fingerprint density at radius 3 is 2.43 bits per heavy atom. The van der Waals surface area contributed by atoms with E-state index in [1.165, 1.54) is 0 Å². The van der Waals surface area contributed by atoms with Crippen molar-refractivity contribution in [1.29, 1.82) is 0 Å². The molecule has 0 aromatic heterocycles. The lowest BCUT2D eigenvalue weighted by molar-refractivity contribution is -0.139. The van der Waals surface area contributed by atoms with E-state index in [0.717, 1.165) is 21.9 Å². The summed E-state index contributed by atoms with van der Waals surface area (Å²) < 4.78 is 10.5. The van der Waals surface area contributed by atoms with Crippen molar-refractivity contribution in [3.63, 3.8) is 0 Å². The third-order valence-electron chi connectivity index (χ3n) is 4.35. The van der Waals surface area contributed by atoms with Crippen LogP contribution in [-0.2, 0) is 22.6 Å². The van der Waals surface area contributed by atoms with E-state index >= 15 is 0 Å². The largest absolute Gasteiger partial charge is 0.496 e. The molecule has 0 fully saturated rings. The Morgan fingerprint density at radius 1 is 1.00 bits per heavy atom. The summed E-state index contributed by atoms with van der Waals surface area (Å²) in [5.41, 5.74) is 1.56. The van der Waals surface area contributed by atoms with Crippen LogP contribution >= 0.6 is 0 Å². The van der Waals surface area contributed by atoms with E-state index in [2.05, 4.69) is 5.32 Å². The van der Waals surface area contributed by atoms with Crippen molar-refractivity contribution in [3.05, 3.63) is 77.9 Å². The normalized spacial score (nSPS) is 11.6. The molecule has 28 heavy (non-hydrogen) atoms. The lowest BCUT2D eigenvalue weighted by atomic mass is 10.0. The minimum absolute atomic E-state index is 0.0722. The maximum atomic E-state index is 12.0. The number of carboxylic acid groups (broad SMARTS) is 1. The van der Waals surface area contributed by atoms with Crippen LogP contribution in [0.15, 0.2) is 66.7 Å². The minimum Gasteiger partial charge on any atom is -0.496 e. The van der Waals surface area contributed by atoms with Crippen molar-refractivity contribution in [3.8, 4) is 5.75 Å². The number of ether oxygens (including phenoxy) is 2. The highest BCUT2D eigenvalue weighted by Crippen LogP contribution is 2.27. The highest BCUT2D eigenvalue weighted by molar-refractivity contribution is 5.89. The molecule has 3 aromatic rings. The molecule has 0 aliphatic carbocycles. The number of fused-ring (bicyclic) bond motifs is 1. The topological polar surface area (TPSA) is 84.9 Å². The number of amides is 1. The van der Waals surface area contributed by atoms with Crippen molar-refractivity contribution in [2.24, 2.45) is 0 Å². The third kappa shape index (κ3) is 4.79. The molecule has 0 saturated heterocycles. The van der Waals surface area contributed by atoms with E-state index in [1.807, 2.05) is 60.7 Å². The summed E-state index contributed by atoms with van der Waals surface area (Å²) in [7, 11) is 1.57. The number of rotatable bonds is 7. The fourth-order valence-electron chi connectivity index (χ4n) is 2.96. The highest BCUT2D eigenvalue weighted by Gasteiger charge is 2.22. The number of nitrogens with one attached hydrogen (secondary N) is 1. The zero-order valence-electron chi connectivity index (χ0n) is 15.4. The maximum Gasteiger partial charge on any atom is 0.408 e. The fourth-order valence-corrected chi connectivity index (χ4v) is 2.96. The number of alkyl carbamates (subject to hydrolysis) is 1. The number of methoxy groups -OCH3 is 1. The van der Waals surface area contributed by atoms with Crippen LogP contribution in [0.3, 0.4) is 0 Å². The first kappa shape index (κ1) is 19.2. The molecule has 6 nitrogen and oxygen atoms in total. The number of hydrogen-bond donors (Lipinski definition) is 2. The standard InChI is InChI=1S/C22H21NO5/c1-27-20-13-16(11-17-9-5-6-10-18(17)20)12-19(21(24)25)23-22(26)28-14-15-7-3-2-4-8-15/h2-11,13,19H,12,14H2,1H3,(H,23,26)(H,24,25)/t19-/m1/s1. The molecule has 6 heteroatoms. The van der Waals surface area contributed by atoms with Gasteiger partial charge in [-0.1, -0.05) is 60.7 Å². The van der Waals surface area contributed by atoms with Crippen LogP contribution in [0, 0.1) is 0 Å². The number of carboxylic acids is 1. The molecule has 3 rings (SSSR count). The second-order valence-electron chi connectivity index (χ2n) is 6.32. The maximum absolute atomic E-state index is 12.0. The first-order valence-corrected chi connectivity index (χ1v) is 8.82. The van der Waals surface area contributed by atoms with Gasteiger partial charge in [-0.2, -0.15) is 0 Å². The predicted molar refractivity (Wildman–Crippen MR) is 105 cm³/mol. The van der Waals surface area contributed by atoms with E-state index < -0.39 is 18.1 Å². The van der Waals surface area contributed by atoms with E-state index in [-0.39, 0.29) is 13.0 Å². The molecule has 0 unspecified atom stereocenters. The zero-order chi connectivity index (χ0) is 19.9. The van der Waals surface area contributed by atoms with Gasteiger partial charge in [0.05, 0.1) is 7.11 Å². The molecule has 0 radical (unpaired) electrons. The molecule has 0 aliphatic heterocycles. The minimum atomic E-state index is -1.14. The molecular weight excluding hydrogens is 358 g/mol. The Labute approximate surface area is 162 Å². The molecule has 1 amide bonds. The first-order valence-electron chi connectivity index (χ1n) is 8.82. The van der Waals surface area contributed by atoms with Crippen LogP contribution in [0.25, 0.3) is 10.8 Å². The van der Waals surface area contributed by atoms with Crippen molar-refractivity contribution in [2.75, 3.05) is 7.11 Å². The van der Waals surface area contributed by atoms with Crippen molar-refractivity contribution in [2.45, 2.75) is 19.1 Å². The molecule has 1 atom stereocenters. The number of carbonyl (C=O) groups is 2. The van der Waals surface area contributed by atoms with Crippen LogP contribution in [0.4, 0.5) is 4.79 Å². The first-order chi connectivity index (χ1) is 13.6. The Hall–Kier alpha value is -3.54. The lowest BCUT2D eigenvalue weighted by Gasteiger charge is -2.16.